The van der Waals surface area contributed by atoms with Crippen LogP contribution in [0, 0.1) is 5.92 Å². The molecule has 0 fully saturated rings. The van der Waals surface area contributed by atoms with Gasteiger partial charge in [0.15, 0.2) is 11.5 Å². The molecule has 1 aromatic carbocycles. The fraction of sp³-hybridized carbons (Fsp3) is 0.429. The van der Waals surface area contributed by atoms with Crippen LogP contribution in [0.1, 0.15) is 12.5 Å². The zero-order valence-electron chi connectivity index (χ0n) is 11.5. The van der Waals surface area contributed by atoms with Gasteiger partial charge in [-0.1, -0.05) is 6.07 Å². The van der Waals surface area contributed by atoms with E-state index in [1.165, 1.54) is 6.92 Å². The largest absolute Gasteiger partial charge is 0.480 e. The van der Waals surface area contributed by atoms with Crippen LogP contribution in [0.4, 0.5) is 0 Å². The number of carboxylic acid groups (broad SMARTS) is 1. The summed E-state index contributed by atoms with van der Waals surface area (Å²) < 4.78 is 10.5. The fourth-order valence-electron chi connectivity index (χ4n) is 1.99. The van der Waals surface area contributed by atoms with Crippen molar-refractivity contribution in [1.29, 1.82) is 0 Å². The molecule has 2 N–H and O–H groups in total. The van der Waals surface area contributed by atoms with E-state index in [0.29, 0.717) is 23.7 Å². The number of hydrogen-bond donors (Lipinski definition) is 3. The van der Waals surface area contributed by atoms with Crippen LogP contribution in [0.25, 0.3) is 0 Å². The van der Waals surface area contributed by atoms with Gasteiger partial charge in [-0.15, -0.1) is 0 Å². The minimum Gasteiger partial charge on any atom is -0.480 e. The highest BCUT2D eigenvalue weighted by molar-refractivity contribution is 7.80. The molecule has 2 rings (SSSR count). The Labute approximate surface area is 127 Å². The molecule has 114 valence electrons. The van der Waals surface area contributed by atoms with Gasteiger partial charge >= 0.3 is 5.97 Å². The van der Waals surface area contributed by atoms with Gasteiger partial charge in [0.25, 0.3) is 0 Å². The number of carboxylic acids is 1. The van der Waals surface area contributed by atoms with Gasteiger partial charge in [-0.25, -0.2) is 0 Å². The van der Waals surface area contributed by atoms with E-state index in [1.54, 1.807) is 6.07 Å². The molecule has 0 bridgehead atoms. The number of thiol groups is 1. The monoisotopic (exact) mass is 311 g/mol. The Balaban J connectivity index is 2.01. The molecule has 7 heteroatoms. The molecule has 0 aromatic heterocycles. The zero-order chi connectivity index (χ0) is 15.4. The van der Waals surface area contributed by atoms with Crippen LogP contribution in [0.15, 0.2) is 18.2 Å². The van der Waals surface area contributed by atoms with Crippen molar-refractivity contribution in [3.05, 3.63) is 23.8 Å². The molecule has 1 aliphatic rings. The summed E-state index contributed by atoms with van der Waals surface area (Å²) in [7, 11) is 0. The predicted molar refractivity (Wildman–Crippen MR) is 78.9 cm³/mol. The maximum absolute atomic E-state index is 12.0. The van der Waals surface area contributed by atoms with Crippen molar-refractivity contribution in [2.24, 2.45) is 5.92 Å². The molecule has 6 nitrogen and oxygen atoms in total. The first kappa shape index (κ1) is 15.5. The molecule has 0 spiro atoms. The number of benzene rings is 1. The summed E-state index contributed by atoms with van der Waals surface area (Å²) in [4.78, 5) is 22.8. The topological polar surface area (TPSA) is 84.9 Å². The van der Waals surface area contributed by atoms with Crippen LogP contribution in [0.3, 0.4) is 0 Å². The van der Waals surface area contributed by atoms with Crippen LogP contribution >= 0.6 is 12.6 Å². The molecule has 21 heavy (non-hydrogen) atoms. The summed E-state index contributed by atoms with van der Waals surface area (Å²) in [6.07, 6.45) is 0.457. The first-order chi connectivity index (χ1) is 10.0. The third-order valence-electron chi connectivity index (χ3n) is 3.24. The minimum atomic E-state index is -1.07. The summed E-state index contributed by atoms with van der Waals surface area (Å²) in [6, 6.07) is 4.56. The lowest BCUT2D eigenvalue weighted by Gasteiger charge is -2.17. The molecule has 0 aliphatic carbocycles. The molecule has 0 radical (unpaired) electrons. The molecule has 0 saturated heterocycles. The maximum Gasteiger partial charge on any atom is 0.325 e. The van der Waals surface area contributed by atoms with Gasteiger partial charge in [0.2, 0.25) is 12.7 Å². The number of rotatable bonds is 6. The first-order valence-corrected chi connectivity index (χ1v) is 7.17. The standard InChI is InChI=1S/C14H17NO5S/c1-8(14(17)18)15-13(16)10(6-21)4-9-2-3-11-12(5-9)20-7-19-11/h2-3,5,8,10,21H,4,6-7H2,1H3,(H,15,16)(H,17,18)/t8-,10?/m0/s1. The smallest absolute Gasteiger partial charge is 0.325 e. The van der Waals surface area contributed by atoms with E-state index in [2.05, 4.69) is 17.9 Å². The Bertz CT molecular complexity index is 548. The van der Waals surface area contributed by atoms with E-state index in [9.17, 15) is 9.59 Å². The van der Waals surface area contributed by atoms with E-state index >= 15 is 0 Å². The second kappa shape index (κ2) is 6.71. The Kier molecular flexibility index (Phi) is 4.95. The lowest BCUT2D eigenvalue weighted by atomic mass is 9.99. The molecular weight excluding hydrogens is 294 g/mol. The second-order valence-electron chi connectivity index (χ2n) is 4.84. The summed E-state index contributed by atoms with van der Waals surface area (Å²) in [5.74, 6) is -0.126. The van der Waals surface area contributed by atoms with Gasteiger partial charge in [0.05, 0.1) is 5.92 Å². The summed E-state index contributed by atoms with van der Waals surface area (Å²) in [5.41, 5.74) is 0.913. The fourth-order valence-corrected chi connectivity index (χ4v) is 2.28. The molecule has 2 atom stereocenters. The van der Waals surface area contributed by atoms with Gasteiger partial charge in [-0.2, -0.15) is 12.6 Å². The van der Waals surface area contributed by atoms with Gasteiger partial charge in [-0.3, -0.25) is 9.59 Å². The highest BCUT2D eigenvalue weighted by Crippen LogP contribution is 2.33. The number of hydrogen-bond acceptors (Lipinski definition) is 5. The highest BCUT2D eigenvalue weighted by Gasteiger charge is 2.23. The average Bonchev–Trinajstić information content (AvgIpc) is 2.91. The number of amides is 1. The summed E-state index contributed by atoms with van der Waals surface area (Å²) >= 11 is 4.18. The highest BCUT2D eigenvalue weighted by atomic mass is 32.1. The lowest BCUT2D eigenvalue weighted by molar-refractivity contribution is -0.141. The van der Waals surface area contributed by atoms with E-state index in [-0.39, 0.29) is 12.7 Å². The van der Waals surface area contributed by atoms with Crippen molar-refractivity contribution >= 4 is 24.5 Å². The summed E-state index contributed by atoms with van der Waals surface area (Å²) in [6.45, 7) is 1.63. The number of carbonyl (C=O) groups is 2. The van der Waals surface area contributed by atoms with Crippen molar-refractivity contribution in [2.45, 2.75) is 19.4 Å². The van der Waals surface area contributed by atoms with Crippen molar-refractivity contribution in [2.75, 3.05) is 12.5 Å². The molecule has 1 aromatic rings. The quantitative estimate of drug-likeness (QED) is 0.685. The molecule has 1 amide bonds. The Morgan fingerprint density at radius 3 is 2.76 bits per heavy atom. The van der Waals surface area contributed by atoms with Crippen LogP contribution < -0.4 is 14.8 Å². The van der Waals surface area contributed by atoms with E-state index in [4.69, 9.17) is 14.6 Å². The number of fused-ring (bicyclic) bond motifs is 1. The van der Waals surface area contributed by atoms with Crippen LogP contribution in [-0.2, 0) is 16.0 Å². The van der Waals surface area contributed by atoms with E-state index < -0.39 is 17.9 Å². The van der Waals surface area contributed by atoms with Crippen LogP contribution in [-0.4, -0.2) is 35.6 Å². The minimum absolute atomic E-state index is 0.200. The third-order valence-corrected chi connectivity index (χ3v) is 3.68. The zero-order valence-corrected chi connectivity index (χ0v) is 12.4. The second-order valence-corrected chi connectivity index (χ2v) is 5.20. The first-order valence-electron chi connectivity index (χ1n) is 6.54. The molecule has 1 heterocycles. The van der Waals surface area contributed by atoms with Gasteiger partial charge in [0, 0.05) is 5.75 Å². The molecular formula is C14H17NO5S. The number of carbonyl (C=O) groups excluding carboxylic acids is 1. The molecule has 1 unspecified atom stereocenters. The average molecular weight is 311 g/mol. The molecule has 0 saturated carbocycles. The van der Waals surface area contributed by atoms with Crippen molar-refractivity contribution < 1.29 is 24.2 Å². The summed E-state index contributed by atoms with van der Waals surface area (Å²) in [5, 5.41) is 11.3. The van der Waals surface area contributed by atoms with Crippen LogP contribution in [0.5, 0.6) is 11.5 Å². The Hall–Kier alpha value is -1.89. The van der Waals surface area contributed by atoms with Crippen molar-refractivity contribution in [1.82, 2.24) is 5.32 Å². The Morgan fingerprint density at radius 1 is 1.38 bits per heavy atom. The van der Waals surface area contributed by atoms with E-state index in [1.807, 2.05) is 12.1 Å². The number of nitrogens with one attached hydrogen (secondary N) is 1. The van der Waals surface area contributed by atoms with Gasteiger partial charge in [-0.05, 0) is 31.0 Å². The van der Waals surface area contributed by atoms with E-state index in [0.717, 1.165) is 5.56 Å². The third kappa shape index (κ3) is 3.81. The maximum atomic E-state index is 12.0. The van der Waals surface area contributed by atoms with Gasteiger partial charge in [0.1, 0.15) is 6.04 Å². The predicted octanol–water partition coefficient (Wildman–Crippen LogP) is 1.09. The van der Waals surface area contributed by atoms with Gasteiger partial charge < -0.3 is 19.9 Å². The van der Waals surface area contributed by atoms with Crippen molar-refractivity contribution in [3.63, 3.8) is 0 Å². The van der Waals surface area contributed by atoms with Crippen LogP contribution in [0.2, 0.25) is 0 Å². The number of aliphatic carboxylic acids is 1. The molecule has 1 aliphatic heterocycles. The number of ether oxygens (including phenoxy) is 2. The lowest BCUT2D eigenvalue weighted by Crippen LogP contribution is -2.42. The normalized spacial score (nSPS) is 15.3. The Morgan fingerprint density at radius 2 is 2.10 bits per heavy atom. The van der Waals surface area contributed by atoms with Crippen molar-refractivity contribution in [3.8, 4) is 11.5 Å². The SMILES string of the molecule is C[C@H](NC(=O)C(CS)Cc1ccc2c(c1)OCO2)C(=O)O.